The second kappa shape index (κ2) is 9.71. The summed E-state index contributed by atoms with van der Waals surface area (Å²) in [5.41, 5.74) is 0.686. The van der Waals surface area contributed by atoms with E-state index in [4.69, 9.17) is 27.9 Å². The average molecular weight is 774 g/mol. The number of carbonyl (C=O) groups is 5. The molecule has 0 aromatic heterocycles. The highest BCUT2D eigenvalue weighted by molar-refractivity contribution is 9.13. The maximum atomic E-state index is 13.8. The summed E-state index contributed by atoms with van der Waals surface area (Å²) in [5.74, 6) is -7.02. The summed E-state index contributed by atoms with van der Waals surface area (Å²) in [5, 5.41) is 10.6. The summed E-state index contributed by atoms with van der Waals surface area (Å²) >= 11 is 24.3. The number of aromatic hydroxyl groups is 1. The molecule has 10 nitrogen and oxygen atoms in total. The Morgan fingerprint density at radius 3 is 2.36 bits per heavy atom. The van der Waals surface area contributed by atoms with E-state index < -0.39 is 63.1 Å². The number of hydrogen-bond acceptors (Lipinski definition) is 8. The number of phenols is 1. The quantitative estimate of drug-likeness (QED) is 0.207. The van der Waals surface area contributed by atoms with Crippen molar-refractivity contribution in [2.45, 2.75) is 28.5 Å². The van der Waals surface area contributed by atoms with Gasteiger partial charge in [0.25, 0.3) is 11.8 Å². The number of hydrogen-bond donors (Lipinski definition) is 1. The van der Waals surface area contributed by atoms with Crippen molar-refractivity contribution in [3.8, 4) is 11.5 Å². The van der Waals surface area contributed by atoms with Crippen molar-refractivity contribution in [1.82, 2.24) is 9.80 Å². The van der Waals surface area contributed by atoms with Crippen LogP contribution in [0.1, 0.15) is 24.3 Å². The van der Waals surface area contributed by atoms with E-state index in [2.05, 4.69) is 52.5 Å². The number of likely N-dealkylation sites (tertiary alicyclic amines) is 2. The highest BCUT2D eigenvalue weighted by Crippen LogP contribution is 2.66. The molecule has 2 heterocycles. The van der Waals surface area contributed by atoms with Gasteiger partial charge in [0.05, 0.1) is 36.0 Å². The van der Waals surface area contributed by atoms with Crippen molar-refractivity contribution in [3.63, 3.8) is 0 Å². The number of alkyl halides is 3. The van der Waals surface area contributed by atoms with Gasteiger partial charge in [-0.05, 0) is 62.2 Å². The number of rotatable bonds is 3. The van der Waals surface area contributed by atoms with Crippen LogP contribution in [0.4, 0.5) is 4.79 Å². The van der Waals surface area contributed by atoms with Gasteiger partial charge in [0, 0.05) is 10.4 Å². The Hall–Kier alpha value is -1.67. The number of carbonyl (C=O) groups excluding carboxylic acids is 5. The number of amides is 5. The largest absolute Gasteiger partial charge is 0.503 e. The Kier molecular flexibility index (Phi) is 7.18. The van der Waals surface area contributed by atoms with Crippen molar-refractivity contribution >= 4 is 101 Å². The molecule has 2 aliphatic heterocycles. The third-order valence-electron chi connectivity index (χ3n) is 8.08. The predicted octanol–water partition coefficient (Wildman–Crippen LogP) is 4.40. The van der Waals surface area contributed by atoms with Crippen molar-refractivity contribution < 1.29 is 38.6 Å². The maximum Gasteiger partial charge on any atom is 0.423 e. The first kappa shape index (κ1) is 28.8. The van der Waals surface area contributed by atoms with Gasteiger partial charge < -0.3 is 14.6 Å². The predicted molar refractivity (Wildman–Crippen MR) is 148 cm³/mol. The molecule has 2 aliphatic carbocycles. The van der Waals surface area contributed by atoms with Gasteiger partial charge >= 0.3 is 6.09 Å². The molecule has 39 heavy (non-hydrogen) atoms. The molecule has 5 rings (SSSR count). The summed E-state index contributed by atoms with van der Waals surface area (Å²) in [6, 6.07) is 1.47. The molecule has 15 heteroatoms. The lowest BCUT2D eigenvalue weighted by molar-refractivity contribution is -0.140. The fraction of sp³-hybridized carbons (Fsp3) is 0.458. The minimum atomic E-state index is -2.05. The van der Waals surface area contributed by atoms with Crippen LogP contribution < -0.4 is 4.74 Å². The van der Waals surface area contributed by atoms with E-state index >= 15 is 0 Å². The molecule has 2 saturated heterocycles. The summed E-state index contributed by atoms with van der Waals surface area (Å²) in [6.45, 7) is 0. The van der Waals surface area contributed by atoms with Gasteiger partial charge in [-0.25, -0.2) is 4.79 Å². The van der Waals surface area contributed by atoms with Crippen molar-refractivity contribution in [3.05, 3.63) is 32.2 Å². The fourth-order valence-electron chi connectivity index (χ4n) is 6.35. The number of benzene rings is 1. The first-order chi connectivity index (χ1) is 18.3. The van der Waals surface area contributed by atoms with Crippen LogP contribution in [0, 0.1) is 17.8 Å². The zero-order chi connectivity index (χ0) is 28.8. The molecule has 6 atom stereocenters. The molecular weight excluding hydrogens is 755 g/mol. The maximum absolute atomic E-state index is 13.8. The Bertz CT molecular complexity index is 1410. The van der Waals surface area contributed by atoms with E-state index in [9.17, 15) is 29.1 Å². The van der Waals surface area contributed by atoms with Gasteiger partial charge in [-0.15, -0.1) is 23.2 Å². The number of phenolic OH excluding ortho intramolecular Hbond substituents is 1. The lowest BCUT2D eigenvalue weighted by Gasteiger charge is -2.51. The second-order valence-electron chi connectivity index (χ2n) is 9.61. The number of allylic oxidation sites excluding steroid dienone is 2. The van der Waals surface area contributed by atoms with E-state index in [-0.39, 0.29) is 34.3 Å². The number of nitrogens with zero attached hydrogens (tertiary/aromatic N) is 2. The van der Waals surface area contributed by atoms with E-state index in [1.54, 1.807) is 6.08 Å². The summed E-state index contributed by atoms with van der Waals surface area (Å²) in [6.07, 6.45) is 0.453. The summed E-state index contributed by atoms with van der Waals surface area (Å²) < 4.78 is 10.5. The lowest BCUT2D eigenvalue weighted by Crippen LogP contribution is -2.60. The van der Waals surface area contributed by atoms with Crippen LogP contribution in [0.5, 0.6) is 11.5 Å². The molecule has 4 aliphatic rings. The minimum Gasteiger partial charge on any atom is -0.503 e. The number of halogens is 5. The van der Waals surface area contributed by atoms with Crippen molar-refractivity contribution in [2.75, 3.05) is 19.7 Å². The van der Waals surface area contributed by atoms with E-state index in [0.29, 0.717) is 20.5 Å². The minimum absolute atomic E-state index is 0.0510. The molecule has 0 bridgehead atoms. The Morgan fingerprint density at radius 1 is 1.10 bits per heavy atom. The highest BCUT2D eigenvalue weighted by atomic mass is 79.9. The molecule has 1 aromatic rings. The van der Waals surface area contributed by atoms with Crippen LogP contribution in [-0.4, -0.2) is 74.1 Å². The van der Waals surface area contributed by atoms with Gasteiger partial charge in [0.1, 0.15) is 0 Å². The first-order valence-electron chi connectivity index (χ1n) is 11.5. The molecule has 5 amide bonds. The Morgan fingerprint density at radius 2 is 1.77 bits per heavy atom. The van der Waals surface area contributed by atoms with Gasteiger partial charge in [-0.1, -0.05) is 27.6 Å². The van der Waals surface area contributed by atoms with E-state index in [1.807, 2.05) is 0 Å². The molecule has 6 unspecified atom stereocenters. The number of imide groups is 4. The van der Waals surface area contributed by atoms with Crippen LogP contribution in [0.2, 0.25) is 0 Å². The van der Waals surface area contributed by atoms with Crippen LogP contribution >= 0.6 is 71.0 Å². The average Bonchev–Trinajstić information content (AvgIpc) is 3.25. The molecule has 0 radical (unpaired) electrons. The van der Waals surface area contributed by atoms with Crippen LogP contribution in [0.25, 0.3) is 0 Å². The summed E-state index contributed by atoms with van der Waals surface area (Å²) in [4.78, 5) is 63.8. The third-order valence-corrected chi connectivity index (χ3v) is 12.2. The standard InChI is InChI=1S/C24H19Br3Cl2N2O8/c1-38-12-5-10(15(26)16(27)17(12)32)14-8-3-4-9-13(19(34)31(18(9)33)22(37)39-2)11(8)6-23(28)20(35)30(7-25)21(36)24(14,23)29/h3,5,9,11,13-14,32H,4,6-7H2,1-2H3. The van der Waals surface area contributed by atoms with Gasteiger partial charge in [0.2, 0.25) is 11.8 Å². The van der Waals surface area contributed by atoms with Crippen LogP contribution in [0.3, 0.4) is 0 Å². The lowest BCUT2D eigenvalue weighted by atomic mass is 9.56. The molecular formula is C24H19Br3Cl2N2O8. The smallest absolute Gasteiger partial charge is 0.423 e. The number of ether oxygens (including phenoxy) is 2. The van der Waals surface area contributed by atoms with E-state index in [1.165, 1.54) is 13.2 Å². The zero-order valence-electron chi connectivity index (χ0n) is 20.2. The number of methoxy groups -OCH3 is 2. The zero-order valence-corrected chi connectivity index (χ0v) is 26.4. The molecule has 0 spiro atoms. The molecule has 1 saturated carbocycles. The Labute approximate surface area is 257 Å². The summed E-state index contributed by atoms with van der Waals surface area (Å²) in [7, 11) is 2.41. The molecule has 1 aromatic carbocycles. The van der Waals surface area contributed by atoms with Gasteiger partial charge in [-0.2, -0.15) is 4.90 Å². The van der Waals surface area contributed by atoms with Crippen LogP contribution in [-0.2, 0) is 23.9 Å². The second-order valence-corrected chi connectivity index (χ2v) is 12.9. The fourth-order valence-corrected chi connectivity index (χ4v) is 8.72. The van der Waals surface area contributed by atoms with Crippen LogP contribution in [0.15, 0.2) is 26.7 Å². The number of fused-ring (bicyclic) bond motifs is 4. The Balaban J connectivity index is 1.78. The molecule has 3 fully saturated rings. The normalized spacial score (nSPS) is 33.6. The SMILES string of the molecule is COC(=O)N1C(=O)C2CC=C3C(CC4(Cl)C(=O)N(CBr)C(=O)C4(Cl)C3c3cc(OC)c(O)c(Br)c3Br)C2C1=O. The highest BCUT2D eigenvalue weighted by Gasteiger charge is 2.76. The molecule has 208 valence electrons. The van der Waals surface area contributed by atoms with Gasteiger partial charge in [0.15, 0.2) is 21.2 Å². The molecule has 1 N–H and O–H groups in total. The van der Waals surface area contributed by atoms with Gasteiger partial charge in [-0.3, -0.25) is 24.1 Å². The first-order valence-corrected chi connectivity index (χ1v) is 15.0. The van der Waals surface area contributed by atoms with Crippen molar-refractivity contribution in [2.24, 2.45) is 17.8 Å². The van der Waals surface area contributed by atoms with E-state index in [0.717, 1.165) is 12.0 Å². The monoisotopic (exact) mass is 770 g/mol. The topological polar surface area (TPSA) is 131 Å². The third kappa shape index (κ3) is 3.58. The van der Waals surface area contributed by atoms with Crippen molar-refractivity contribution in [1.29, 1.82) is 0 Å².